The summed E-state index contributed by atoms with van der Waals surface area (Å²) in [7, 11) is 2.63. The Bertz CT molecular complexity index is 129. The van der Waals surface area contributed by atoms with E-state index in [0.29, 0.717) is 0 Å². The van der Waals surface area contributed by atoms with Gasteiger partial charge in [0.05, 0.1) is 0 Å². The summed E-state index contributed by atoms with van der Waals surface area (Å²) >= 11 is 0. The van der Waals surface area contributed by atoms with Gasteiger partial charge in [-0.3, -0.25) is 4.67 Å². The van der Waals surface area contributed by atoms with Crippen LogP contribution in [0.4, 0.5) is 0 Å². The highest BCUT2D eigenvalue weighted by molar-refractivity contribution is 7.13. The van der Waals surface area contributed by atoms with Crippen LogP contribution in [0, 0.1) is 0 Å². The standard InChI is InChI=1S/C8H14NP/c1-3-5-6-8-9(10)7-4-2/h3-6H,1-2,7-8,10H2. The zero-order valence-corrected chi connectivity index (χ0v) is 7.32. The molecule has 0 aromatic carbocycles. The van der Waals surface area contributed by atoms with Gasteiger partial charge >= 0.3 is 0 Å². The highest BCUT2D eigenvalue weighted by atomic mass is 31.0. The summed E-state index contributed by atoms with van der Waals surface area (Å²) in [4.78, 5) is 0. The molecule has 0 N–H and O–H groups in total. The molecule has 0 fully saturated rings. The molecule has 56 valence electrons. The molecule has 10 heavy (non-hydrogen) atoms. The van der Waals surface area contributed by atoms with Crippen LogP contribution >= 0.6 is 9.39 Å². The van der Waals surface area contributed by atoms with Gasteiger partial charge in [0.25, 0.3) is 0 Å². The van der Waals surface area contributed by atoms with Gasteiger partial charge in [0.2, 0.25) is 0 Å². The Morgan fingerprint density at radius 3 is 2.50 bits per heavy atom. The van der Waals surface area contributed by atoms with Gasteiger partial charge in [0.15, 0.2) is 0 Å². The fourth-order valence-corrected chi connectivity index (χ4v) is 0.804. The molecule has 0 heterocycles. The molecule has 0 aliphatic heterocycles. The summed E-state index contributed by atoms with van der Waals surface area (Å²) in [5, 5.41) is 0. The van der Waals surface area contributed by atoms with Crippen molar-refractivity contribution in [1.29, 1.82) is 0 Å². The smallest absolute Gasteiger partial charge is 0.0203 e. The van der Waals surface area contributed by atoms with Crippen LogP contribution < -0.4 is 0 Å². The van der Waals surface area contributed by atoms with E-state index in [1.807, 2.05) is 18.2 Å². The minimum absolute atomic E-state index is 0.895. The lowest BCUT2D eigenvalue weighted by Gasteiger charge is -2.09. The Morgan fingerprint density at radius 1 is 1.30 bits per heavy atom. The third-order valence-corrected chi connectivity index (χ3v) is 1.40. The molecule has 1 nitrogen and oxygen atoms in total. The molecule has 0 rings (SSSR count). The highest BCUT2D eigenvalue weighted by Crippen LogP contribution is 1.96. The molecule has 0 radical (unpaired) electrons. The molecule has 1 unspecified atom stereocenters. The van der Waals surface area contributed by atoms with Crippen LogP contribution in [0.15, 0.2) is 37.5 Å². The maximum atomic E-state index is 3.63. The molecule has 0 aliphatic carbocycles. The zero-order chi connectivity index (χ0) is 7.82. The van der Waals surface area contributed by atoms with Crippen molar-refractivity contribution < 1.29 is 0 Å². The highest BCUT2D eigenvalue weighted by Gasteiger charge is 1.87. The Morgan fingerprint density at radius 2 is 2.00 bits per heavy atom. The maximum absolute atomic E-state index is 3.63. The molecule has 0 saturated heterocycles. The fraction of sp³-hybridized carbons (Fsp3) is 0.250. The van der Waals surface area contributed by atoms with Crippen LogP contribution in [0.3, 0.4) is 0 Å². The second kappa shape index (κ2) is 6.73. The molecule has 0 spiro atoms. The first-order chi connectivity index (χ1) is 4.81. The normalized spacial score (nSPS) is 10.6. The van der Waals surface area contributed by atoms with Crippen molar-refractivity contribution in [1.82, 2.24) is 4.67 Å². The molecule has 2 heteroatoms. The first kappa shape index (κ1) is 9.61. The Balaban J connectivity index is 3.37. The Hall–Kier alpha value is -0.390. The third-order valence-electron chi connectivity index (χ3n) is 0.976. The minimum atomic E-state index is 0.895. The maximum Gasteiger partial charge on any atom is 0.0203 e. The molecule has 0 bridgehead atoms. The van der Waals surface area contributed by atoms with Crippen molar-refractivity contribution >= 4 is 9.39 Å². The van der Waals surface area contributed by atoms with E-state index in [9.17, 15) is 0 Å². The summed E-state index contributed by atoms with van der Waals surface area (Å²) in [5.74, 6) is 0. The molecule has 0 aromatic rings. The van der Waals surface area contributed by atoms with Gasteiger partial charge in [-0.25, -0.2) is 0 Å². The van der Waals surface area contributed by atoms with Crippen molar-refractivity contribution in [3.8, 4) is 0 Å². The van der Waals surface area contributed by atoms with E-state index in [4.69, 9.17) is 0 Å². The van der Waals surface area contributed by atoms with Crippen LogP contribution in [0.2, 0.25) is 0 Å². The molecule has 0 saturated carbocycles. The lowest BCUT2D eigenvalue weighted by atomic mass is 10.4. The lowest BCUT2D eigenvalue weighted by molar-refractivity contribution is 0.578. The van der Waals surface area contributed by atoms with Gasteiger partial charge in [-0.15, -0.1) is 6.58 Å². The van der Waals surface area contributed by atoms with Crippen molar-refractivity contribution in [3.05, 3.63) is 37.5 Å². The lowest BCUT2D eigenvalue weighted by Crippen LogP contribution is -2.09. The molecule has 0 aliphatic rings. The average Bonchev–Trinajstić information content (AvgIpc) is 1.89. The van der Waals surface area contributed by atoms with E-state index >= 15 is 0 Å². The van der Waals surface area contributed by atoms with Gasteiger partial charge in [-0.2, -0.15) is 0 Å². The number of allylic oxidation sites excluding steroid dienone is 2. The largest absolute Gasteiger partial charge is 0.280 e. The van der Waals surface area contributed by atoms with Crippen LogP contribution in [-0.4, -0.2) is 17.8 Å². The fourth-order valence-electron chi connectivity index (χ4n) is 0.533. The average molecular weight is 155 g/mol. The quantitative estimate of drug-likeness (QED) is 0.333. The predicted octanol–water partition coefficient (Wildman–Crippen LogP) is 2.01. The van der Waals surface area contributed by atoms with E-state index in [2.05, 4.69) is 27.2 Å². The van der Waals surface area contributed by atoms with Crippen molar-refractivity contribution in [3.63, 3.8) is 0 Å². The third kappa shape index (κ3) is 5.74. The number of nitrogens with zero attached hydrogens (tertiary/aromatic N) is 1. The monoisotopic (exact) mass is 155 g/mol. The van der Waals surface area contributed by atoms with Crippen LogP contribution in [0.25, 0.3) is 0 Å². The van der Waals surface area contributed by atoms with E-state index in [1.165, 1.54) is 0 Å². The Labute approximate surface area is 65.4 Å². The Kier molecular flexibility index (Phi) is 6.46. The van der Waals surface area contributed by atoms with Gasteiger partial charge in [-0.1, -0.05) is 40.3 Å². The van der Waals surface area contributed by atoms with E-state index in [1.54, 1.807) is 6.08 Å². The van der Waals surface area contributed by atoms with E-state index < -0.39 is 0 Å². The molecular weight excluding hydrogens is 141 g/mol. The van der Waals surface area contributed by atoms with Crippen molar-refractivity contribution in [2.75, 3.05) is 13.1 Å². The summed E-state index contributed by atoms with van der Waals surface area (Å²) in [6.45, 7) is 9.02. The summed E-state index contributed by atoms with van der Waals surface area (Å²) in [6, 6.07) is 0. The number of rotatable bonds is 5. The second-order valence-electron chi connectivity index (χ2n) is 1.91. The van der Waals surface area contributed by atoms with E-state index in [0.717, 1.165) is 13.1 Å². The topological polar surface area (TPSA) is 3.24 Å². The van der Waals surface area contributed by atoms with Crippen LogP contribution in [0.1, 0.15) is 0 Å². The molecule has 0 aromatic heterocycles. The van der Waals surface area contributed by atoms with Crippen molar-refractivity contribution in [2.24, 2.45) is 0 Å². The SMILES string of the molecule is C=CC=CCN(P)CC=C. The summed E-state index contributed by atoms with van der Waals surface area (Å²) < 4.78 is 2.08. The van der Waals surface area contributed by atoms with Gasteiger partial charge in [-0.05, 0) is 0 Å². The second-order valence-corrected chi connectivity index (χ2v) is 2.64. The first-order valence-corrected chi connectivity index (χ1v) is 3.71. The van der Waals surface area contributed by atoms with Gasteiger partial charge in [0, 0.05) is 13.1 Å². The summed E-state index contributed by atoms with van der Waals surface area (Å²) in [5.41, 5.74) is 0. The first-order valence-electron chi connectivity index (χ1n) is 3.19. The van der Waals surface area contributed by atoms with Crippen LogP contribution in [0.5, 0.6) is 0 Å². The predicted molar refractivity (Wildman–Crippen MR) is 50.8 cm³/mol. The molecule has 1 atom stereocenters. The number of hydrogen-bond acceptors (Lipinski definition) is 1. The van der Waals surface area contributed by atoms with Crippen molar-refractivity contribution in [2.45, 2.75) is 0 Å². The van der Waals surface area contributed by atoms with Crippen LogP contribution in [-0.2, 0) is 0 Å². The molecule has 0 amide bonds. The van der Waals surface area contributed by atoms with Gasteiger partial charge < -0.3 is 0 Å². The zero-order valence-electron chi connectivity index (χ0n) is 6.16. The minimum Gasteiger partial charge on any atom is -0.280 e. The number of hydrogen-bond donors (Lipinski definition) is 0. The summed E-state index contributed by atoms with van der Waals surface area (Å²) in [6.07, 6.45) is 7.62. The molecular formula is C8H14NP. The van der Waals surface area contributed by atoms with Gasteiger partial charge in [0.1, 0.15) is 0 Å². The van der Waals surface area contributed by atoms with E-state index in [-0.39, 0.29) is 0 Å².